The maximum Gasteiger partial charge on any atom is 0.224 e. The molecule has 0 atom stereocenters. The highest BCUT2D eigenvalue weighted by Crippen LogP contribution is 2.24. The second-order valence-corrected chi connectivity index (χ2v) is 7.14. The molecule has 0 fully saturated rings. The van der Waals surface area contributed by atoms with Gasteiger partial charge in [-0.3, -0.25) is 4.79 Å². The van der Waals surface area contributed by atoms with Crippen LogP contribution in [0.5, 0.6) is 5.75 Å². The summed E-state index contributed by atoms with van der Waals surface area (Å²) in [6, 6.07) is 12.4. The van der Waals surface area contributed by atoms with Crippen LogP contribution in [0.1, 0.15) is 61.8 Å². The molecule has 0 radical (unpaired) electrons. The maximum atomic E-state index is 12.3. The van der Waals surface area contributed by atoms with Crippen molar-refractivity contribution in [3.8, 4) is 5.75 Å². The van der Waals surface area contributed by atoms with E-state index in [0.717, 1.165) is 23.4 Å². The van der Waals surface area contributed by atoms with Crippen molar-refractivity contribution >= 4 is 11.6 Å². The monoisotopic (exact) mass is 353 g/mol. The number of hydrogen-bond acceptors (Lipinski definition) is 2. The van der Waals surface area contributed by atoms with Crippen molar-refractivity contribution in [3.63, 3.8) is 0 Å². The number of benzene rings is 2. The zero-order chi connectivity index (χ0) is 19.1. The van der Waals surface area contributed by atoms with E-state index in [0.29, 0.717) is 25.4 Å². The normalized spacial score (nSPS) is 10.8. The molecule has 140 valence electrons. The molecule has 0 saturated carbocycles. The summed E-state index contributed by atoms with van der Waals surface area (Å²) in [4.78, 5) is 12.3. The van der Waals surface area contributed by atoms with E-state index in [9.17, 15) is 4.79 Å². The van der Waals surface area contributed by atoms with Gasteiger partial charge in [-0.25, -0.2) is 0 Å². The Morgan fingerprint density at radius 1 is 1.12 bits per heavy atom. The van der Waals surface area contributed by atoms with Gasteiger partial charge in [0.05, 0.1) is 6.61 Å². The van der Waals surface area contributed by atoms with E-state index in [1.807, 2.05) is 25.1 Å². The summed E-state index contributed by atoms with van der Waals surface area (Å²) >= 11 is 0. The fourth-order valence-electron chi connectivity index (χ4n) is 3.21. The SMILES string of the molecule is CCc1cccc(C)c1NC(=O)CCCOc1ccc(C(C)C)c(C)c1. The highest BCUT2D eigenvalue weighted by molar-refractivity contribution is 5.92. The molecule has 1 N–H and O–H groups in total. The van der Waals surface area contributed by atoms with Crippen molar-refractivity contribution in [2.24, 2.45) is 0 Å². The van der Waals surface area contributed by atoms with E-state index < -0.39 is 0 Å². The summed E-state index contributed by atoms with van der Waals surface area (Å²) < 4.78 is 5.81. The first-order valence-electron chi connectivity index (χ1n) is 9.54. The molecule has 3 nitrogen and oxygen atoms in total. The minimum absolute atomic E-state index is 0.0453. The number of para-hydroxylation sites is 1. The van der Waals surface area contributed by atoms with Crippen molar-refractivity contribution < 1.29 is 9.53 Å². The number of amides is 1. The van der Waals surface area contributed by atoms with Crippen LogP contribution < -0.4 is 10.1 Å². The summed E-state index contributed by atoms with van der Waals surface area (Å²) in [5.41, 5.74) is 5.84. The number of hydrogen-bond donors (Lipinski definition) is 1. The molecule has 2 rings (SSSR count). The van der Waals surface area contributed by atoms with E-state index in [2.05, 4.69) is 51.2 Å². The number of anilines is 1. The van der Waals surface area contributed by atoms with E-state index in [1.54, 1.807) is 0 Å². The molecule has 0 heterocycles. The van der Waals surface area contributed by atoms with Crippen molar-refractivity contribution in [2.45, 2.75) is 59.8 Å². The van der Waals surface area contributed by atoms with Gasteiger partial charge in [-0.1, -0.05) is 45.0 Å². The van der Waals surface area contributed by atoms with Crippen molar-refractivity contribution in [2.75, 3.05) is 11.9 Å². The summed E-state index contributed by atoms with van der Waals surface area (Å²) in [6.45, 7) is 11.2. The lowest BCUT2D eigenvalue weighted by Crippen LogP contribution is -2.15. The van der Waals surface area contributed by atoms with Gasteiger partial charge in [0.2, 0.25) is 5.91 Å². The number of ether oxygens (including phenoxy) is 1. The predicted octanol–water partition coefficient (Wildman–Crippen LogP) is 5.79. The zero-order valence-electron chi connectivity index (χ0n) is 16.7. The Morgan fingerprint density at radius 3 is 2.54 bits per heavy atom. The molecule has 0 aliphatic heterocycles. The molecule has 0 bridgehead atoms. The summed E-state index contributed by atoms with van der Waals surface area (Å²) in [7, 11) is 0. The van der Waals surface area contributed by atoms with Crippen LogP contribution in [0.4, 0.5) is 5.69 Å². The average molecular weight is 354 g/mol. The molecule has 26 heavy (non-hydrogen) atoms. The maximum absolute atomic E-state index is 12.3. The number of nitrogens with one attached hydrogen (secondary N) is 1. The van der Waals surface area contributed by atoms with Crippen molar-refractivity contribution in [3.05, 3.63) is 58.7 Å². The van der Waals surface area contributed by atoms with Crippen LogP contribution in [-0.2, 0) is 11.2 Å². The lowest BCUT2D eigenvalue weighted by Gasteiger charge is -2.14. The van der Waals surface area contributed by atoms with Crippen molar-refractivity contribution in [1.29, 1.82) is 0 Å². The molecule has 0 aliphatic rings. The smallest absolute Gasteiger partial charge is 0.224 e. The van der Waals surface area contributed by atoms with E-state index >= 15 is 0 Å². The molecular weight excluding hydrogens is 322 g/mol. The topological polar surface area (TPSA) is 38.3 Å². The Hall–Kier alpha value is -2.29. The number of carbonyl (C=O) groups is 1. The van der Waals surface area contributed by atoms with Crippen LogP contribution in [0.2, 0.25) is 0 Å². The second kappa shape index (κ2) is 9.42. The molecule has 1 amide bonds. The Morgan fingerprint density at radius 2 is 1.88 bits per heavy atom. The van der Waals surface area contributed by atoms with Gasteiger partial charge in [0.25, 0.3) is 0 Å². The third-order valence-corrected chi connectivity index (χ3v) is 4.68. The Balaban J connectivity index is 1.81. The first kappa shape index (κ1) is 20.0. The van der Waals surface area contributed by atoms with Gasteiger partial charge in [-0.15, -0.1) is 0 Å². The Labute approximate surface area is 157 Å². The molecule has 0 aromatic heterocycles. The fourth-order valence-corrected chi connectivity index (χ4v) is 3.21. The molecular formula is C23H31NO2. The van der Waals surface area contributed by atoms with Crippen LogP contribution in [-0.4, -0.2) is 12.5 Å². The number of carbonyl (C=O) groups excluding carboxylic acids is 1. The third-order valence-electron chi connectivity index (χ3n) is 4.68. The molecule has 0 unspecified atom stereocenters. The van der Waals surface area contributed by atoms with Crippen molar-refractivity contribution in [1.82, 2.24) is 0 Å². The van der Waals surface area contributed by atoms with Crippen LogP contribution in [0, 0.1) is 13.8 Å². The third kappa shape index (κ3) is 5.35. The van der Waals surface area contributed by atoms with Crippen LogP contribution in [0.3, 0.4) is 0 Å². The van der Waals surface area contributed by atoms with Gasteiger partial charge >= 0.3 is 0 Å². The Bertz CT molecular complexity index is 750. The summed E-state index contributed by atoms with van der Waals surface area (Å²) in [5, 5.41) is 3.06. The quantitative estimate of drug-likeness (QED) is 0.610. The van der Waals surface area contributed by atoms with E-state index in [4.69, 9.17) is 4.74 Å². The van der Waals surface area contributed by atoms with Crippen LogP contribution in [0.15, 0.2) is 36.4 Å². The molecule has 3 heteroatoms. The van der Waals surface area contributed by atoms with Gasteiger partial charge in [0.1, 0.15) is 5.75 Å². The fraction of sp³-hybridized carbons (Fsp3) is 0.435. The highest BCUT2D eigenvalue weighted by Gasteiger charge is 2.09. The van der Waals surface area contributed by atoms with E-state index in [1.165, 1.54) is 16.7 Å². The number of aryl methyl sites for hydroxylation is 3. The molecule has 2 aromatic carbocycles. The van der Waals surface area contributed by atoms with Gasteiger partial charge in [-0.2, -0.15) is 0 Å². The highest BCUT2D eigenvalue weighted by atomic mass is 16.5. The standard InChI is InChI=1S/C23H31NO2/c1-6-19-10-7-9-17(4)23(19)24-22(25)11-8-14-26-20-12-13-21(16(2)3)18(5)15-20/h7,9-10,12-13,15-16H,6,8,11,14H2,1-5H3,(H,24,25). The molecule has 0 spiro atoms. The van der Waals surface area contributed by atoms with Crippen LogP contribution >= 0.6 is 0 Å². The molecule has 2 aromatic rings. The largest absolute Gasteiger partial charge is 0.494 e. The first-order valence-corrected chi connectivity index (χ1v) is 9.54. The summed E-state index contributed by atoms with van der Waals surface area (Å²) in [6.07, 6.45) is 2.07. The van der Waals surface area contributed by atoms with Gasteiger partial charge < -0.3 is 10.1 Å². The number of rotatable bonds is 8. The molecule has 0 aliphatic carbocycles. The molecule has 0 saturated heterocycles. The summed E-state index contributed by atoms with van der Waals surface area (Å²) in [5.74, 6) is 1.44. The minimum Gasteiger partial charge on any atom is -0.494 e. The second-order valence-electron chi connectivity index (χ2n) is 7.14. The zero-order valence-corrected chi connectivity index (χ0v) is 16.7. The lowest BCUT2D eigenvalue weighted by molar-refractivity contribution is -0.116. The minimum atomic E-state index is 0.0453. The lowest BCUT2D eigenvalue weighted by atomic mass is 9.98. The first-order chi connectivity index (χ1) is 12.4. The van der Waals surface area contributed by atoms with Crippen LogP contribution in [0.25, 0.3) is 0 Å². The van der Waals surface area contributed by atoms with Gasteiger partial charge in [0.15, 0.2) is 0 Å². The predicted molar refractivity (Wildman–Crippen MR) is 109 cm³/mol. The van der Waals surface area contributed by atoms with Gasteiger partial charge in [-0.05, 0) is 67.0 Å². The van der Waals surface area contributed by atoms with Gasteiger partial charge in [0, 0.05) is 12.1 Å². The van der Waals surface area contributed by atoms with E-state index in [-0.39, 0.29) is 5.91 Å². The Kier molecular flexibility index (Phi) is 7.26. The average Bonchev–Trinajstić information content (AvgIpc) is 2.60.